The number of nitrogens with zero attached hydrogens (tertiary/aromatic N) is 2. The molecule has 0 atom stereocenters. The Hall–Kier alpha value is -1.35. The summed E-state index contributed by atoms with van der Waals surface area (Å²) in [6.45, 7) is 0.908. The summed E-state index contributed by atoms with van der Waals surface area (Å²) in [6, 6.07) is 6.58. The SMILES string of the molecule is CNCc1ccc2c(c1)nc(C1CCC1)n2C. The molecular formula is C14H19N3. The third-order valence-electron chi connectivity index (χ3n) is 3.83. The molecule has 1 heterocycles. The van der Waals surface area contributed by atoms with E-state index in [-0.39, 0.29) is 0 Å². The fraction of sp³-hybridized carbons (Fsp3) is 0.500. The number of hydrogen-bond donors (Lipinski definition) is 1. The van der Waals surface area contributed by atoms with Crippen molar-refractivity contribution in [1.82, 2.24) is 14.9 Å². The van der Waals surface area contributed by atoms with Crippen molar-refractivity contribution in [3.05, 3.63) is 29.6 Å². The van der Waals surface area contributed by atoms with Crippen molar-refractivity contribution in [3.8, 4) is 0 Å². The molecule has 1 fully saturated rings. The number of imidazole rings is 1. The molecule has 1 aliphatic carbocycles. The first-order valence-corrected chi connectivity index (χ1v) is 6.39. The van der Waals surface area contributed by atoms with Crippen LogP contribution in [-0.2, 0) is 13.6 Å². The number of fused-ring (bicyclic) bond motifs is 1. The minimum absolute atomic E-state index is 0.695. The van der Waals surface area contributed by atoms with Crippen molar-refractivity contribution >= 4 is 11.0 Å². The molecule has 0 aliphatic heterocycles. The van der Waals surface area contributed by atoms with E-state index in [0.29, 0.717) is 5.92 Å². The maximum atomic E-state index is 4.81. The zero-order chi connectivity index (χ0) is 11.8. The van der Waals surface area contributed by atoms with E-state index in [1.807, 2.05) is 7.05 Å². The third kappa shape index (κ3) is 1.75. The van der Waals surface area contributed by atoms with Gasteiger partial charge in [0.25, 0.3) is 0 Å². The Morgan fingerprint density at radius 3 is 2.88 bits per heavy atom. The molecule has 2 aromatic rings. The van der Waals surface area contributed by atoms with Crippen LogP contribution >= 0.6 is 0 Å². The molecule has 1 aromatic carbocycles. The fourth-order valence-electron chi connectivity index (χ4n) is 2.61. The lowest BCUT2D eigenvalue weighted by molar-refractivity contribution is 0.395. The average Bonchev–Trinajstić information content (AvgIpc) is 2.54. The van der Waals surface area contributed by atoms with Crippen LogP contribution in [0, 0.1) is 0 Å². The Morgan fingerprint density at radius 1 is 1.41 bits per heavy atom. The van der Waals surface area contributed by atoms with Crippen LogP contribution < -0.4 is 5.32 Å². The first-order valence-electron chi connectivity index (χ1n) is 6.39. The molecule has 0 spiro atoms. The highest BCUT2D eigenvalue weighted by Gasteiger charge is 2.24. The van der Waals surface area contributed by atoms with Gasteiger partial charge in [0.1, 0.15) is 5.82 Å². The molecular weight excluding hydrogens is 210 g/mol. The van der Waals surface area contributed by atoms with Crippen LogP contribution in [0.3, 0.4) is 0 Å². The highest BCUT2D eigenvalue weighted by Crippen LogP contribution is 2.36. The van der Waals surface area contributed by atoms with Crippen molar-refractivity contribution in [3.63, 3.8) is 0 Å². The van der Waals surface area contributed by atoms with Gasteiger partial charge in [-0.3, -0.25) is 0 Å². The van der Waals surface area contributed by atoms with E-state index in [9.17, 15) is 0 Å². The van der Waals surface area contributed by atoms with Crippen molar-refractivity contribution in [2.24, 2.45) is 7.05 Å². The molecule has 0 bridgehead atoms. The molecule has 1 saturated carbocycles. The Balaban J connectivity index is 2.05. The average molecular weight is 229 g/mol. The van der Waals surface area contributed by atoms with E-state index in [1.54, 1.807) is 0 Å². The Labute approximate surface area is 102 Å². The van der Waals surface area contributed by atoms with Crippen LogP contribution in [-0.4, -0.2) is 16.6 Å². The molecule has 3 rings (SSSR count). The zero-order valence-corrected chi connectivity index (χ0v) is 10.5. The number of aromatic nitrogens is 2. The third-order valence-corrected chi connectivity index (χ3v) is 3.83. The molecule has 3 nitrogen and oxygen atoms in total. The van der Waals surface area contributed by atoms with Crippen molar-refractivity contribution in [2.45, 2.75) is 31.7 Å². The van der Waals surface area contributed by atoms with Crippen molar-refractivity contribution in [1.29, 1.82) is 0 Å². The van der Waals surface area contributed by atoms with Gasteiger partial charge < -0.3 is 9.88 Å². The van der Waals surface area contributed by atoms with Crippen LogP contribution in [0.15, 0.2) is 18.2 Å². The minimum atomic E-state index is 0.695. The predicted octanol–water partition coefficient (Wildman–Crippen LogP) is 2.56. The summed E-state index contributed by atoms with van der Waals surface area (Å²) in [5.41, 5.74) is 3.70. The van der Waals surface area contributed by atoms with Crippen molar-refractivity contribution < 1.29 is 0 Å². The standard InChI is InChI=1S/C14H19N3/c1-15-9-10-6-7-13-12(8-10)16-14(17(13)2)11-4-3-5-11/h6-8,11,15H,3-5,9H2,1-2H3. The van der Waals surface area contributed by atoms with Gasteiger partial charge in [0, 0.05) is 19.5 Å². The second kappa shape index (κ2) is 4.15. The molecule has 0 unspecified atom stereocenters. The number of benzene rings is 1. The van der Waals surface area contributed by atoms with Gasteiger partial charge in [0.05, 0.1) is 11.0 Å². The fourth-order valence-corrected chi connectivity index (χ4v) is 2.61. The van der Waals surface area contributed by atoms with Gasteiger partial charge in [0.2, 0.25) is 0 Å². The Bertz CT molecular complexity index is 538. The molecule has 17 heavy (non-hydrogen) atoms. The number of aryl methyl sites for hydroxylation is 1. The van der Waals surface area contributed by atoms with E-state index in [4.69, 9.17) is 4.98 Å². The first-order chi connectivity index (χ1) is 8.29. The van der Waals surface area contributed by atoms with E-state index < -0.39 is 0 Å². The molecule has 0 radical (unpaired) electrons. The molecule has 3 heteroatoms. The van der Waals surface area contributed by atoms with Crippen LogP contribution in [0.25, 0.3) is 11.0 Å². The van der Waals surface area contributed by atoms with E-state index in [2.05, 4.69) is 35.1 Å². The maximum absolute atomic E-state index is 4.81. The van der Waals surface area contributed by atoms with Gasteiger partial charge in [-0.1, -0.05) is 12.5 Å². The van der Waals surface area contributed by atoms with Crippen LogP contribution in [0.1, 0.15) is 36.6 Å². The van der Waals surface area contributed by atoms with Gasteiger partial charge in [-0.25, -0.2) is 4.98 Å². The van der Waals surface area contributed by atoms with Crippen LogP contribution in [0.4, 0.5) is 0 Å². The Morgan fingerprint density at radius 2 is 2.24 bits per heavy atom. The topological polar surface area (TPSA) is 29.9 Å². The molecule has 0 amide bonds. The largest absolute Gasteiger partial charge is 0.331 e. The molecule has 1 N–H and O–H groups in total. The second-order valence-electron chi connectivity index (χ2n) is 5.01. The maximum Gasteiger partial charge on any atom is 0.112 e. The van der Waals surface area contributed by atoms with Crippen LogP contribution in [0.5, 0.6) is 0 Å². The lowest BCUT2D eigenvalue weighted by atomic mass is 9.85. The summed E-state index contributed by atoms with van der Waals surface area (Å²) in [4.78, 5) is 4.81. The predicted molar refractivity (Wildman–Crippen MR) is 70.1 cm³/mol. The number of rotatable bonds is 3. The van der Waals surface area contributed by atoms with Crippen molar-refractivity contribution in [2.75, 3.05) is 7.05 Å². The van der Waals surface area contributed by atoms with Gasteiger partial charge in [-0.15, -0.1) is 0 Å². The number of hydrogen-bond acceptors (Lipinski definition) is 2. The number of nitrogens with one attached hydrogen (secondary N) is 1. The summed E-state index contributed by atoms with van der Waals surface area (Å²) in [5.74, 6) is 1.97. The summed E-state index contributed by atoms with van der Waals surface area (Å²) in [6.07, 6.45) is 3.97. The second-order valence-corrected chi connectivity index (χ2v) is 5.01. The summed E-state index contributed by atoms with van der Waals surface area (Å²) >= 11 is 0. The van der Waals surface area contributed by atoms with E-state index in [1.165, 1.54) is 36.2 Å². The highest BCUT2D eigenvalue weighted by molar-refractivity contribution is 5.77. The smallest absolute Gasteiger partial charge is 0.112 e. The molecule has 1 aliphatic rings. The van der Waals surface area contributed by atoms with Gasteiger partial charge >= 0.3 is 0 Å². The molecule has 90 valence electrons. The zero-order valence-electron chi connectivity index (χ0n) is 10.5. The minimum Gasteiger partial charge on any atom is -0.331 e. The lowest BCUT2D eigenvalue weighted by Gasteiger charge is -2.24. The van der Waals surface area contributed by atoms with Crippen LogP contribution in [0.2, 0.25) is 0 Å². The quantitative estimate of drug-likeness (QED) is 0.876. The summed E-state index contributed by atoms with van der Waals surface area (Å²) in [7, 11) is 4.11. The van der Waals surface area contributed by atoms with E-state index in [0.717, 1.165) is 12.1 Å². The van der Waals surface area contributed by atoms with Gasteiger partial charge in [-0.05, 0) is 37.6 Å². The van der Waals surface area contributed by atoms with Gasteiger partial charge in [-0.2, -0.15) is 0 Å². The first kappa shape index (κ1) is 10.8. The lowest BCUT2D eigenvalue weighted by Crippen LogP contribution is -2.13. The summed E-state index contributed by atoms with van der Waals surface area (Å²) in [5, 5.41) is 3.18. The summed E-state index contributed by atoms with van der Waals surface area (Å²) < 4.78 is 2.27. The molecule has 0 saturated heterocycles. The Kier molecular flexibility index (Phi) is 2.63. The monoisotopic (exact) mass is 229 g/mol. The normalized spacial score (nSPS) is 16.4. The van der Waals surface area contributed by atoms with Gasteiger partial charge in [0.15, 0.2) is 0 Å². The highest BCUT2D eigenvalue weighted by atomic mass is 15.1. The van der Waals surface area contributed by atoms with E-state index >= 15 is 0 Å². The molecule has 1 aromatic heterocycles.